The first-order chi connectivity index (χ1) is 9.11. The van der Waals surface area contributed by atoms with Crippen molar-refractivity contribution < 1.29 is 9.90 Å². The summed E-state index contributed by atoms with van der Waals surface area (Å²) in [6.07, 6.45) is 8.87. The predicted molar refractivity (Wildman–Crippen MR) is 77.2 cm³/mol. The third kappa shape index (κ3) is 3.13. The van der Waals surface area contributed by atoms with Gasteiger partial charge in [-0.15, -0.1) is 0 Å². The van der Waals surface area contributed by atoms with Gasteiger partial charge in [0.15, 0.2) is 0 Å². The van der Waals surface area contributed by atoms with E-state index < -0.39 is 11.4 Å². The molecule has 0 spiro atoms. The normalized spacial score (nSPS) is 31.5. The summed E-state index contributed by atoms with van der Waals surface area (Å²) in [5.74, 6) is 0.346. The highest BCUT2D eigenvalue weighted by molar-refractivity contribution is 5.74. The molecule has 3 nitrogen and oxygen atoms in total. The molecule has 1 saturated heterocycles. The number of carbonyl (C=O) groups is 1. The van der Waals surface area contributed by atoms with E-state index in [1.807, 2.05) is 0 Å². The molecule has 1 aliphatic heterocycles. The lowest BCUT2D eigenvalue weighted by molar-refractivity contribution is -0.153. The van der Waals surface area contributed by atoms with Crippen LogP contribution in [0, 0.1) is 11.3 Å². The van der Waals surface area contributed by atoms with Crippen molar-refractivity contribution in [3.8, 4) is 0 Å². The van der Waals surface area contributed by atoms with E-state index in [-0.39, 0.29) is 0 Å². The van der Waals surface area contributed by atoms with Crippen LogP contribution >= 0.6 is 0 Å². The van der Waals surface area contributed by atoms with Crippen molar-refractivity contribution in [3.63, 3.8) is 0 Å². The molecule has 0 amide bonds. The minimum atomic E-state index is -0.563. The van der Waals surface area contributed by atoms with Crippen molar-refractivity contribution in [1.82, 2.24) is 4.90 Å². The van der Waals surface area contributed by atoms with Crippen molar-refractivity contribution in [1.29, 1.82) is 0 Å². The Balaban J connectivity index is 1.89. The van der Waals surface area contributed by atoms with E-state index >= 15 is 0 Å². The Morgan fingerprint density at radius 3 is 2.42 bits per heavy atom. The third-order valence-corrected chi connectivity index (χ3v) is 5.54. The SMILES string of the molecule is CCCC1(C(=O)O)CCN(C2CCC(CC)C2)CC1. The van der Waals surface area contributed by atoms with Crippen LogP contribution in [0.4, 0.5) is 0 Å². The second-order valence-corrected chi connectivity index (χ2v) is 6.61. The van der Waals surface area contributed by atoms with Gasteiger partial charge in [-0.3, -0.25) is 4.79 Å². The lowest BCUT2D eigenvalue weighted by atomic mass is 9.74. The topological polar surface area (TPSA) is 40.5 Å². The Bertz CT molecular complexity index is 308. The number of rotatable bonds is 5. The summed E-state index contributed by atoms with van der Waals surface area (Å²) in [7, 11) is 0. The molecule has 1 N–H and O–H groups in total. The average Bonchev–Trinajstić information content (AvgIpc) is 2.88. The largest absolute Gasteiger partial charge is 0.481 e. The van der Waals surface area contributed by atoms with Gasteiger partial charge in [-0.1, -0.05) is 26.7 Å². The van der Waals surface area contributed by atoms with Crippen molar-refractivity contribution in [3.05, 3.63) is 0 Å². The fraction of sp³-hybridized carbons (Fsp3) is 0.938. The van der Waals surface area contributed by atoms with Crippen molar-refractivity contribution in [2.24, 2.45) is 11.3 Å². The van der Waals surface area contributed by atoms with Crippen LogP contribution in [0.1, 0.15) is 65.2 Å². The second kappa shape index (κ2) is 6.25. The molecule has 2 fully saturated rings. The first-order valence-electron chi connectivity index (χ1n) is 8.08. The lowest BCUT2D eigenvalue weighted by Gasteiger charge is -2.41. The second-order valence-electron chi connectivity index (χ2n) is 6.61. The minimum Gasteiger partial charge on any atom is -0.481 e. The summed E-state index contributed by atoms with van der Waals surface area (Å²) < 4.78 is 0. The molecule has 0 radical (unpaired) electrons. The maximum Gasteiger partial charge on any atom is 0.309 e. The molecular weight excluding hydrogens is 238 g/mol. The van der Waals surface area contributed by atoms with E-state index in [0.29, 0.717) is 0 Å². The van der Waals surface area contributed by atoms with Crippen molar-refractivity contribution >= 4 is 5.97 Å². The van der Waals surface area contributed by atoms with Crippen LogP contribution in [-0.2, 0) is 4.79 Å². The van der Waals surface area contributed by atoms with Gasteiger partial charge in [-0.2, -0.15) is 0 Å². The minimum absolute atomic E-state index is 0.423. The van der Waals surface area contributed by atoms with Gasteiger partial charge in [0.05, 0.1) is 5.41 Å². The molecule has 2 unspecified atom stereocenters. The summed E-state index contributed by atoms with van der Waals surface area (Å²) in [5, 5.41) is 9.53. The number of likely N-dealkylation sites (tertiary alicyclic amines) is 1. The molecule has 0 aromatic heterocycles. The van der Waals surface area contributed by atoms with Gasteiger partial charge in [-0.05, 0) is 57.5 Å². The van der Waals surface area contributed by atoms with Gasteiger partial charge in [0.25, 0.3) is 0 Å². The number of hydrogen-bond acceptors (Lipinski definition) is 2. The molecule has 0 aromatic carbocycles. The van der Waals surface area contributed by atoms with Crippen LogP contribution < -0.4 is 0 Å². The highest BCUT2D eigenvalue weighted by Gasteiger charge is 2.42. The fourth-order valence-electron chi connectivity index (χ4n) is 4.12. The van der Waals surface area contributed by atoms with Crippen LogP contribution in [0.5, 0.6) is 0 Å². The summed E-state index contributed by atoms with van der Waals surface area (Å²) >= 11 is 0. The Labute approximate surface area is 117 Å². The molecule has 2 atom stereocenters. The van der Waals surface area contributed by atoms with Crippen LogP contribution in [0.2, 0.25) is 0 Å². The van der Waals surface area contributed by atoms with Gasteiger partial charge < -0.3 is 10.0 Å². The molecule has 2 rings (SSSR count). The molecule has 1 heterocycles. The summed E-state index contributed by atoms with van der Waals surface area (Å²) in [4.78, 5) is 14.1. The molecular formula is C16H29NO2. The first-order valence-corrected chi connectivity index (χ1v) is 8.08. The quantitative estimate of drug-likeness (QED) is 0.828. The first kappa shape index (κ1) is 14.8. The number of piperidine rings is 1. The van der Waals surface area contributed by atoms with Crippen molar-refractivity contribution in [2.45, 2.75) is 71.3 Å². The number of carboxylic acid groups (broad SMARTS) is 1. The van der Waals surface area contributed by atoms with Gasteiger partial charge in [0.1, 0.15) is 0 Å². The molecule has 19 heavy (non-hydrogen) atoms. The Kier molecular flexibility index (Phi) is 4.88. The van der Waals surface area contributed by atoms with Crippen molar-refractivity contribution in [2.75, 3.05) is 13.1 Å². The number of aliphatic carboxylic acids is 1. The third-order valence-electron chi connectivity index (χ3n) is 5.54. The van der Waals surface area contributed by atoms with Crippen LogP contribution in [0.15, 0.2) is 0 Å². The Morgan fingerprint density at radius 1 is 1.26 bits per heavy atom. The van der Waals surface area contributed by atoms with Gasteiger partial charge in [0, 0.05) is 6.04 Å². The molecule has 2 aliphatic rings. The van der Waals surface area contributed by atoms with E-state index in [4.69, 9.17) is 0 Å². The lowest BCUT2D eigenvalue weighted by Crippen LogP contribution is -2.47. The monoisotopic (exact) mass is 267 g/mol. The maximum absolute atomic E-state index is 11.6. The van der Waals surface area contributed by atoms with E-state index in [1.165, 1.54) is 25.7 Å². The maximum atomic E-state index is 11.6. The zero-order valence-corrected chi connectivity index (χ0v) is 12.5. The summed E-state index contributed by atoms with van der Waals surface area (Å²) in [5.41, 5.74) is -0.423. The van der Waals surface area contributed by atoms with E-state index in [2.05, 4.69) is 18.7 Å². The molecule has 3 heteroatoms. The van der Waals surface area contributed by atoms with E-state index in [9.17, 15) is 9.90 Å². The summed E-state index contributed by atoms with van der Waals surface area (Å²) in [6, 6.07) is 0.735. The van der Waals surface area contributed by atoms with Crippen LogP contribution in [0.25, 0.3) is 0 Å². The highest BCUT2D eigenvalue weighted by atomic mass is 16.4. The van der Waals surface area contributed by atoms with Gasteiger partial charge in [-0.25, -0.2) is 0 Å². The zero-order valence-electron chi connectivity index (χ0n) is 12.5. The molecule has 0 bridgehead atoms. The number of hydrogen-bond donors (Lipinski definition) is 1. The standard InChI is InChI=1S/C16H29NO2/c1-3-7-16(15(18)19)8-10-17(11-9-16)14-6-5-13(4-2)12-14/h13-14H,3-12H2,1-2H3,(H,18,19). The highest BCUT2D eigenvalue weighted by Crippen LogP contribution is 2.39. The van der Waals surface area contributed by atoms with E-state index in [1.54, 1.807) is 0 Å². The summed E-state index contributed by atoms with van der Waals surface area (Å²) in [6.45, 7) is 6.38. The van der Waals surface area contributed by atoms with Gasteiger partial charge >= 0.3 is 5.97 Å². The Hall–Kier alpha value is -0.570. The van der Waals surface area contributed by atoms with Gasteiger partial charge in [0.2, 0.25) is 0 Å². The molecule has 110 valence electrons. The smallest absolute Gasteiger partial charge is 0.309 e. The molecule has 0 aromatic rings. The van der Waals surface area contributed by atoms with E-state index in [0.717, 1.165) is 50.7 Å². The molecule has 1 saturated carbocycles. The fourth-order valence-corrected chi connectivity index (χ4v) is 4.12. The Morgan fingerprint density at radius 2 is 1.95 bits per heavy atom. The number of nitrogens with zero attached hydrogens (tertiary/aromatic N) is 1. The number of carboxylic acids is 1. The average molecular weight is 267 g/mol. The van der Waals surface area contributed by atoms with Crippen LogP contribution in [-0.4, -0.2) is 35.1 Å². The zero-order chi connectivity index (χ0) is 13.9. The molecule has 1 aliphatic carbocycles. The van der Waals surface area contributed by atoms with Crippen LogP contribution in [0.3, 0.4) is 0 Å². The predicted octanol–water partition coefficient (Wildman–Crippen LogP) is 3.53.